The fourth-order valence-corrected chi connectivity index (χ4v) is 4.42. The number of hydrogen-bond acceptors (Lipinski definition) is 5. The number of fused-ring (bicyclic) bond motifs is 1. The van der Waals surface area contributed by atoms with Gasteiger partial charge in [-0.25, -0.2) is 4.79 Å². The summed E-state index contributed by atoms with van der Waals surface area (Å²) in [5.41, 5.74) is 3.43. The van der Waals surface area contributed by atoms with Crippen molar-refractivity contribution in [3.63, 3.8) is 0 Å². The third-order valence-electron chi connectivity index (χ3n) is 6.37. The Morgan fingerprint density at radius 1 is 1.06 bits per heavy atom. The van der Waals surface area contributed by atoms with E-state index < -0.39 is 0 Å². The summed E-state index contributed by atoms with van der Waals surface area (Å²) in [6.07, 6.45) is 3.11. The van der Waals surface area contributed by atoms with Gasteiger partial charge in [0.1, 0.15) is 13.2 Å². The molecule has 2 aliphatic rings. The fraction of sp³-hybridized carbons (Fsp3) is 0.500. The van der Waals surface area contributed by atoms with Crippen LogP contribution >= 0.6 is 0 Å². The van der Waals surface area contributed by atoms with Gasteiger partial charge in [-0.15, -0.1) is 0 Å². The average molecular weight is 454 g/mol. The van der Waals surface area contributed by atoms with Crippen LogP contribution in [0.2, 0.25) is 0 Å². The lowest BCUT2D eigenvalue weighted by Gasteiger charge is -2.32. The summed E-state index contributed by atoms with van der Waals surface area (Å²) in [6, 6.07) is 14.4. The second-order valence-corrected chi connectivity index (χ2v) is 8.97. The zero-order valence-corrected chi connectivity index (χ0v) is 19.7. The van der Waals surface area contributed by atoms with Gasteiger partial charge in [-0.2, -0.15) is 0 Å². The maximum atomic E-state index is 12.7. The molecule has 0 atom stereocenters. The van der Waals surface area contributed by atoms with Crippen molar-refractivity contribution in [1.82, 2.24) is 9.80 Å². The van der Waals surface area contributed by atoms with Crippen LogP contribution in [0.4, 0.5) is 10.5 Å². The van der Waals surface area contributed by atoms with Crippen LogP contribution in [-0.2, 0) is 17.7 Å². The molecule has 33 heavy (non-hydrogen) atoms. The summed E-state index contributed by atoms with van der Waals surface area (Å²) >= 11 is 0. The molecule has 178 valence electrons. The molecule has 2 aromatic carbocycles. The topological polar surface area (TPSA) is 63.3 Å². The summed E-state index contributed by atoms with van der Waals surface area (Å²) < 4.78 is 16.3. The van der Waals surface area contributed by atoms with Gasteiger partial charge in [-0.05, 0) is 55.5 Å². The van der Waals surface area contributed by atoms with Crippen molar-refractivity contribution >= 4 is 11.7 Å². The van der Waals surface area contributed by atoms with E-state index in [4.69, 9.17) is 14.2 Å². The van der Waals surface area contributed by atoms with Gasteiger partial charge in [0.2, 0.25) is 0 Å². The first-order valence-corrected chi connectivity index (χ1v) is 11.8. The van der Waals surface area contributed by atoms with E-state index in [0.717, 1.165) is 63.5 Å². The third kappa shape index (κ3) is 6.62. The lowest BCUT2D eigenvalue weighted by atomic mass is 9.90. The number of likely N-dealkylation sites (tertiary alicyclic amines) is 1. The number of carbonyl (C=O) groups is 1. The van der Waals surface area contributed by atoms with Crippen LogP contribution < -0.4 is 14.8 Å². The van der Waals surface area contributed by atoms with Crippen molar-refractivity contribution in [2.75, 3.05) is 58.9 Å². The molecule has 2 aliphatic heterocycles. The minimum atomic E-state index is -0.0490. The highest BCUT2D eigenvalue weighted by Crippen LogP contribution is 2.33. The average Bonchev–Trinajstić information content (AvgIpc) is 2.84. The van der Waals surface area contributed by atoms with Crippen LogP contribution in [-0.4, -0.2) is 69.4 Å². The van der Waals surface area contributed by atoms with E-state index in [2.05, 4.69) is 41.5 Å². The predicted molar refractivity (Wildman–Crippen MR) is 129 cm³/mol. The van der Waals surface area contributed by atoms with Crippen LogP contribution in [0.3, 0.4) is 0 Å². The van der Waals surface area contributed by atoms with E-state index >= 15 is 0 Å². The van der Waals surface area contributed by atoms with Gasteiger partial charge in [0.15, 0.2) is 11.5 Å². The molecule has 7 heteroatoms. The SMILES string of the molecule is COCCN(C)Cc1ccc(CC2CCN(C(=O)Nc3ccc4c(c3)OCCO4)CC2)cc1. The van der Waals surface area contributed by atoms with E-state index in [9.17, 15) is 4.79 Å². The molecule has 1 saturated heterocycles. The van der Waals surface area contributed by atoms with Gasteiger partial charge in [0.25, 0.3) is 0 Å². The summed E-state index contributed by atoms with van der Waals surface area (Å²) in [6.45, 7) is 5.27. The summed E-state index contributed by atoms with van der Waals surface area (Å²) in [5, 5.41) is 3.00. The normalized spacial score (nSPS) is 16.2. The number of amides is 2. The highest BCUT2D eigenvalue weighted by Gasteiger charge is 2.23. The smallest absolute Gasteiger partial charge is 0.321 e. The van der Waals surface area contributed by atoms with Gasteiger partial charge in [-0.1, -0.05) is 24.3 Å². The number of urea groups is 1. The molecule has 2 amide bonds. The van der Waals surface area contributed by atoms with Crippen LogP contribution in [0, 0.1) is 5.92 Å². The van der Waals surface area contributed by atoms with Crippen molar-refractivity contribution in [3.05, 3.63) is 53.6 Å². The second kappa shape index (κ2) is 11.4. The first-order valence-electron chi connectivity index (χ1n) is 11.8. The molecule has 4 rings (SSSR count). The molecule has 1 N–H and O–H groups in total. The number of carbonyl (C=O) groups excluding carboxylic acids is 1. The Labute approximate surface area is 196 Å². The number of rotatable bonds is 8. The van der Waals surface area contributed by atoms with Crippen LogP contribution in [0.15, 0.2) is 42.5 Å². The molecular formula is C26H35N3O4. The molecular weight excluding hydrogens is 418 g/mol. The first kappa shape index (κ1) is 23.4. The molecule has 0 saturated carbocycles. The largest absolute Gasteiger partial charge is 0.486 e. The van der Waals surface area contributed by atoms with E-state index in [0.29, 0.717) is 24.9 Å². The molecule has 0 aromatic heterocycles. The van der Waals surface area contributed by atoms with E-state index in [1.165, 1.54) is 11.1 Å². The standard InChI is InChI=1S/C26H35N3O4/c1-28(13-14-31-2)19-22-5-3-20(4-6-22)17-21-9-11-29(12-10-21)26(30)27-23-7-8-24-25(18-23)33-16-15-32-24/h3-8,18,21H,9-17,19H2,1-2H3,(H,27,30). The Hall–Kier alpha value is -2.77. The summed E-state index contributed by atoms with van der Waals surface area (Å²) in [7, 11) is 3.85. The maximum absolute atomic E-state index is 12.7. The number of likely N-dealkylation sites (N-methyl/N-ethyl adjacent to an activating group) is 1. The molecule has 7 nitrogen and oxygen atoms in total. The Morgan fingerprint density at radius 3 is 2.48 bits per heavy atom. The molecule has 2 heterocycles. The van der Waals surface area contributed by atoms with Crippen LogP contribution in [0.5, 0.6) is 11.5 Å². The Bertz CT molecular complexity index is 910. The van der Waals surface area contributed by atoms with Crippen LogP contribution in [0.1, 0.15) is 24.0 Å². The lowest BCUT2D eigenvalue weighted by molar-refractivity contribution is 0.158. The zero-order valence-electron chi connectivity index (χ0n) is 19.7. The zero-order chi connectivity index (χ0) is 23.0. The van der Waals surface area contributed by atoms with Crippen molar-refractivity contribution in [2.24, 2.45) is 5.92 Å². The number of ether oxygens (including phenoxy) is 3. The molecule has 2 aromatic rings. The lowest BCUT2D eigenvalue weighted by Crippen LogP contribution is -2.41. The van der Waals surface area contributed by atoms with E-state index in [-0.39, 0.29) is 6.03 Å². The van der Waals surface area contributed by atoms with Crippen molar-refractivity contribution in [1.29, 1.82) is 0 Å². The van der Waals surface area contributed by atoms with Crippen molar-refractivity contribution < 1.29 is 19.0 Å². The van der Waals surface area contributed by atoms with Gasteiger partial charge >= 0.3 is 6.03 Å². The van der Waals surface area contributed by atoms with E-state index in [1.54, 1.807) is 7.11 Å². The highest BCUT2D eigenvalue weighted by molar-refractivity contribution is 5.89. The minimum Gasteiger partial charge on any atom is -0.486 e. The molecule has 1 fully saturated rings. The first-order chi connectivity index (χ1) is 16.1. The number of piperidine rings is 1. The Balaban J connectivity index is 1.21. The molecule has 0 bridgehead atoms. The molecule has 0 spiro atoms. The van der Waals surface area contributed by atoms with Gasteiger partial charge in [0.05, 0.1) is 6.61 Å². The fourth-order valence-electron chi connectivity index (χ4n) is 4.42. The number of nitrogens with one attached hydrogen (secondary N) is 1. The summed E-state index contributed by atoms with van der Waals surface area (Å²) in [4.78, 5) is 16.9. The number of anilines is 1. The van der Waals surface area contributed by atoms with Crippen molar-refractivity contribution in [3.8, 4) is 11.5 Å². The second-order valence-electron chi connectivity index (χ2n) is 8.97. The van der Waals surface area contributed by atoms with Gasteiger partial charge in [0, 0.05) is 45.0 Å². The van der Waals surface area contributed by atoms with Gasteiger partial charge in [-0.3, -0.25) is 4.90 Å². The molecule has 0 aliphatic carbocycles. The van der Waals surface area contributed by atoms with Crippen molar-refractivity contribution in [2.45, 2.75) is 25.8 Å². The highest BCUT2D eigenvalue weighted by atomic mass is 16.6. The Morgan fingerprint density at radius 2 is 1.76 bits per heavy atom. The third-order valence-corrected chi connectivity index (χ3v) is 6.37. The number of nitrogens with zero attached hydrogens (tertiary/aromatic N) is 2. The van der Waals surface area contributed by atoms with Crippen LogP contribution in [0.25, 0.3) is 0 Å². The molecule has 0 unspecified atom stereocenters. The maximum Gasteiger partial charge on any atom is 0.321 e. The Kier molecular flexibility index (Phi) is 8.07. The van der Waals surface area contributed by atoms with Gasteiger partial charge < -0.3 is 24.4 Å². The predicted octanol–water partition coefficient (Wildman–Crippen LogP) is 4.02. The minimum absolute atomic E-state index is 0.0490. The number of benzene rings is 2. The molecule has 0 radical (unpaired) electrons. The summed E-state index contributed by atoms with van der Waals surface area (Å²) in [5.74, 6) is 2.02. The number of methoxy groups -OCH3 is 1. The quantitative estimate of drug-likeness (QED) is 0.654. The number of hydrogen-bond donors (Lipinski definition) is 1. The van der Waals surface area contributed by atoms with E-state index in [1.807, 2.05) is 23.1 Å². The monoisotopic (exact) mass is 453 g/mol.